The molecule has 0 N–H and O–H groups in total. The molecule has 1 aromatic heterocycles. The van der Waals surface area contributed by atoms with E-state index in [-0.39, 0.29) is 6.03 Å². The van der Waals surface area contributed by atoms with Crippen LogP contribution in [0.2, 0.25) is 0 Å². The Hall–Kier alpha value is -4.06. The van der Waals surface area contributed by atoms with Gasteiger partial charge in [0.05, 0.1) is 27.3 Å². The molecule has 3 aromatic rings. The van der Waals surface area contributed by atoms with Gasteiger partial charge in [-0.1, -0.05) is 36.9 Å². The Morgan fingerprint density at radius 2 is 1.38 bits per heavy atom. The summed E-state index contributed by atoms with van der Waals surface area (Å²) in [5.41, 5.74) is 4.80. The Morgan fingerprint density at radius 1 is 0.794 bits per heavy atom. The SMILES string of the molecule is C=C1C=C(CCc2cccnc2)N(Cc2ccc(OC)cc2)C(=O)N1Cc1ccc(OC)cc1. The van der Waals surface area contributed by atoms with Crippen molar-refractivity contribution in [3.8, 4) is 11.5 Å². The van der Waals surface area contributed by atoms with Gasteiger partial charge in [-0.25, -0.2) is 4.79 Å². The molecule has 0 radical (unpaired) electrons. The van der Waals surface area contributed by atoms with E-state index in [4.69, 9.17) is 9.47 Å². The van der Waals surface area contributed by atoms with Gasteiger partial charge in [0.25, 0.3) is 0 Å². The number of hydrogen-bond donors (Lipinski definition) is 0. The van der Waals surface area contributed by atoms with Crippen LogP contribution < -0.4 is 9.47 Å². The van der Waals surface area contributed by atoms with Crippen LogP contribution in [-0.2, 0) is 19.5 Å². The molecule has 0 bridgehead atoms. The fourth-order valence-electron chi connectivity index (χ4n) is 3.93. The number of allylic oxidation sites excluding steroid dienone is 2. The number of aromatic nitrogens is 1. The molecule has 0 saturated carbocycles. The van der Waals surface area contributed by atoms with E-state index in [9.17, 15) is 4.79 Å². The second kappa shape index (κ2) is 10.7. The molecule has 2 aromatic carbocycles. The molecule has 34 heavy (non-hydrogen) atoms. The predicted octanol–water partition coefficient (Wildman–Crippen LogP) is 5.57. The number of methoxy groups -OCH3 is 2. The lowest BCUT2D eigenvalue weighted by Crippen LogP contribution is -2.44. The Kier molecular flexibility index (Phi) is 7.28. The number of ether oxygens (including phenoxy) is 2. The quantitative estimate of drug-likeness (QED) is 0.423. The number of amides is 2. The number of urea groups is 1. The molecule has 4 rings (SSSR count). The zero-order valence-corrected chi connectivity index (χ0v) is 19.6. The van der Waals surface area contributed by atoms with Crippen LogP contribution in [0.15, 0.2) is 97.1 Å². The summed E-state index contributed by atoms with van der Waals surface area (Å²) in [6.45, 7) is 5.10. The van der Waals surface area contributed by atoms with E-state index >= 15 is 0 Å². The molecular formula is C28H29N3O3. The molecule has 2 heterocycles. The third kappa shape index (κ3) is 5.46. The number of nitrogens with zero attached hydrogens (tertiary/aromatic N) is 3. The number of aryl methyl sites for hydroxylation is 1. The minimum absolute atomic E-state index is 0.0830. The van der Waals surface area contributed by atoms with Crippen molar-refractivity contribution in [2.24, 2.45) is 0 Å². The molecule has 1 aliphatic rings. The number of hydrogen-bond acceptors (Lipinski definition) is 4. The van der Waals surface area contributed by atoms with E-state index in [1.807, 2.05) is 71.8 Å². The molecule has 0 spiro atoms. The predicted molar refractivity (Wildman–Crippen MR) is 132 cm³/mol. The van der Waals surface area contributed by atoms with Gasteiger partial charge >= 0.3 is 6.03 Å². The van der Waals surface area contributed by atoms with Crippen molar-refractivity contribution in [1.82, 2.24) is 14.8 Å². The fourth-order valence-corrected chi connectivity index (χ4v) is 3.93. The van der Waals surface area contributed by atoms with Gasteiger partial charge in [-0.2, -0.15) is 0 Å². The van der Waals surface area contributed by atoms with Crippen molar-refractivity contribution in [2.75, 3.05) is 14.2 Å². The summed E-state index contributed by atoms with van der Waals surface area (Å²) in [6, 6.07) is 19.4. The van der Waals surface area contributed by atoms with E-state index in [1.54, 1.807) is 25.3 Å². The Balaban J connectivity index is 1.58. The lowest BCUT2D eigenvalue weighted by atomic mass is 10.1. The molecule has 174 valence electrons. The maximum Gasteiger partial charge on any atom is 0.329 e. The highest BCUT2D eigenvalue weighted by Gasteiger charge is 2.30. The first-order valence-electron chi connectivity index (χ1n) is 11.2. The van der Waals surface area contributed by atoms with Gasteiger partial charge in [-0.05, 0) is 65.9 Å². The summed E-state index contributed by atoms with van der Waals surface area (Å²) < 4.78 is 10.5. The van der Waals surface area contributed by atoms with Crippen molar-refractivity contribution in [3.63, 3.8) is 0 Å². The number of carbonyl (C=O) groups is 1. The summed E-state index contributed by atoms with van der Waals surface area (Å²) in [5, 5.41) is 0. The molecule has 0 atom stereocenters. The van der Waals surface area contributed by atoms with Gasteiger partial charge in [0, 0.05) is 23.8 Å². The average molecular weight is 456 g/mol. The fraction of sp³-hybridized carbons (Fsp3) is 0.214. The second-order valence-corrected chi connectivity index (χ2v) is 8.14. The van der Waals surface area contributed by atoms with Crippen LogP contribution in [-0.4, -0.2) is 35.0 Å². The minimum atomic E-state index is -0.0830. The van der Waals surface area contributed by atoms with Crippen molar-refractivity contribution in [3.05, 3.63) is 114 Å². The molecule has 0 unspecified atom stereocenters. The average Bonchev–Trinajstić information content (AvgIpc) is 2.88. The Labute approximate surface area is 200 Å². The summed E-state index contributed by atoms with van der Waals surface area (Å²) in [7, 11) is 3.28. The maximum absolute atomic E-state index is 13.7. The number of pyridine rings is 1. The van der Waals surface area contributed by atoms with Crippen LogP contribution in [0.5, 0.6) is 11.5 Å². The van der Waals surface area contributed by atoms with Gasteiger partial charge < -0.3 is 9.47 Å². The van der Waals surface area contributed by atoms with Crippen molar-refractivity contribution >= 4 is 6.03 Å². The zero-order chi connectivity index (χ0) is 23.9. The van der Waals surface area contributed by atoms with Crippen molar-refractivity contribution < 1.29 is 14.3 Å². The van der Waals surface area contributed by atoms with E-state index in [0.717, 1.165) is 40.3 Å². The minimum Gasteiger partial charge on any atom is -0.497 e. The molecule has 6 heteroatoms. The summed E-state index contributed by atoms with van der Waals surface area (Å²) in [5.74, 6) is 1.57. The normalized spacial score (nSPS) is 13.6. The maximum atomic E-state index is 13.7. The Morgan fingerprint density at radius 3 is 1.91 bits per heavy atom. The van der Waals surface area contributed by atoms with Gasteiger partial charge in [-0.3, -0.25) is 14.8 Å². The van der Waals surface area contributed by atoms with Crippen LogP contribution in [0, 0.1) is 0 Å². The largest absolute Gasteiger partial charge is 0.497 e. The van der Waals surface area contributed by atoms with Crippen LogP contribution >= 0.6 is 0 Å². The van der Waals surface area contributed by atoms with Gasteiger partial charge in [0.15, 0.2) is 0 Å². The molecular weight excluding hydrogens is 426 g/mol. The van der Waals surface area contributed by atoms with E-state index in [0.29, 0.717) is 25.2 Å². The smallest absolute Gasteiger partial charge is 0.329 e. The van der Waals surface area contributed by atoms with E-state index in [2.05, 4.69) is 17.6 Å². The van der Waals surface area contributed by atoms with Gasteiger partial charge in [0.2, 0.25) is 0 Å². The highest BCUT2D eigenvalue weighted by atomic mass is 16.5. The second-order valence-electron chi connectivity index (χ2n) is 8.14. The van der Waals surface area contributed by atoms with E-state index < -0.39 is 0 Å². The molecule has 0 fully saturated rings. The standard InChI is InChI=1S/C28H29N3O3/c1-21-17-25(11-6-22-5-4-16-29-18-22)31(20-24-9-14-27(34-3)15-10-24)28(32)30(21)19-23-7-12-26(33-2)13-8-23/h4-5,7-10,12-18H,1,6,11,19-20H2,2-3H3. The molecule has 1 aliphatic heterocycles. The van der Waals surface area contributed by atoms with Gasteiger partial charge in [-0.15, -0.1) is 0 Å². The van der Waals surface area contributed by atoms with Crippen LogP contribution in [0.25, 0.3) is 0 Å². The molecule has 2 amide bonds. The molecule has 0 saturated heterocycles. The first kappa shape index (κ1) is 23.1. The highest BCUT2D eigenvalue weighted by Crippen LogP contribution is 2.29. The third-order valence-corrected chi connectivity index (χ3v) is 5.88. The summed E-state index contributed by atoms with van der Waals surface area (Å²) in [4.78, 5) is 21.5. The lowest BCUT2D eigenvalue weighted by molar-refractivity contribution is 0.168. The topological polar surface area (TPSA) is 54.9 Å². The zero-order valence-electron chi connectivity index (χ0n) is 19.6. The first-order valence-corrected chi connectivity index (χ1v) is 11.2. The van der Waals surface area contributed by atoms with Crippen LogP contribution in [0.3, 0.4) is 0 Å². The summed E-state index contributed by atoms with van der Waals surface area (Å²) in [6.07, 6.45) is 7.15. The highest BCUT2D eigenvalue weighted by molar-refractivity contribution is 5.80. The number of rotatable bonds is 9. The Bertz CT molecular complexity index is 1160. The number of benzene rings is 2. The molecule has 0 aliphatic carbocycles. The number of carbonyl (C=O) groups excluding carboxylic acids is 1. The van der Waals surface area contributed by atoms with E-state index in [1.165, 1.54) is 0 Å². The third-order valence-electron chi connectivity index (χ3n) is 5.88. The lowest BCUT2D eigenvalue weighted by Gasteiger charge is -2.37. The summed E-state index contributed by atoms with van der Waals surface area (Å²) >= 11 is 0. The van der Waals surface area contributed by atoms with Crippen LogP contribution in [0.1, 0.15) is 23.1 Å². The van der Waals surface area contributed by atoms with Crippen molar-refractivity contribution in [1.29, 1.82) is 0 Å². The first-order chi connectivity index (χ1) is 16.6. The molecule has 6 nitrogen and oxygen atoms in total. The van der Waals surface area contributed by atoms with Crippen LogP contribution in [0.4, 0.5) is 4.79 Å². The monoisotopic (exact) mass is 455 g/mol. The van der Waals surface area contributed by atoms with Crippen molar-refractivity contribution in [2.45, 2.75) is 25.9 Å². The van der Waals surface area contributed by atoms with Gasteiger partial charge in [0.1, 0.15) is 11.5 Å².